The molecule has 1 heterocycles. The highest BCUT2D eigenvalue weighted by Crippen LogP contribution is 2.34. The summed E-state index contributed by atoms with van der Waals surface area (Å²) >= 11 is 9.89. The number of benzene rings is 1. The smallest absolute Gasteiger partial charge is 0.345 e. The number of aromatic carboxylic acids is 1. The van der Waals surface area contributed by atoms with E-state index in [0.29, 0.717) is 0 Å². The third kappa shape index (κ3) is 3.57. The summed E-state index contributed by atoms with van der Waals surface area (Å²) in [6.07, 6.45) is 0. The fourth-order valence-electron chi connectivity index (χ4n) is 1.54. The number of anilines is 1. The minimum absolute atomic E-state index is 0.0720. The number of carboxylic acids is 1. The SMILES string of the molecule is Cc1ccc(NS(=O)(=O)c2cc(C(=O)O)sc2Br)c(Cl)c1. The monoisotopic (exact) mass is 409 g/mol. The first-order chi connectivity index (χ1) is 9.70. The van der Waals surface area contributed by atoms with Gasteiger partial charge in [0.05, 0.1) is 14.5 Å². The van der Waals surface area contributed by atoms with Crippen LogP contribution in [-0.4, -0.2) is 19.5 Å². The average molecular weight is 411 g/mol. The largest absolute Gasteiger partial charge is 0.477 e. The quantitative estimate of drug-likeness (QED) is 0.799. The summed E-state index contributed by atoms with van der Waals surface area (Å²) in [6.45, 7) is 1.83. The lowest BCUT2D eigenvalue weighted by molar-refractivity contribution is 0.0702. The van der Waals surface area contributed by atoms with Gasteiger partial charge in [0.2, 0.25) is 0 Å². The number of carboxylic acid groups (broad SMARTS) is 1. The summed E-state index contributed by atoms with van der Waals surface area (Å²) in [4.78, 5) is 10.7. The molecule has 0 saturated heterocycles. The minimum Gasteiger partial charge on any atom is -0.477 e. The number of sulfonamides is 1. The Hall–Kier alpha value is -1.09. The van der Waals surface area contributed by atoms with Gasteiger partial charge in [0, 0.05) is 0 Å². The molecule has 0 atom stereocenters. The zero-order valence-corrected chi connectivity index (χ0v) is 14.5. The van der Waals surface area contributed by atoms with Gasteiger partial charge < -0.3 is 5.11 Å². The van der Waals surface area contributed by atoms with Crippen LogP contribution in [-0.2, 0) is 10.0 Å². The van der Waals surface area contributed by atoms with E-state index < -0.39 is 16.0 Å². The normalized spacial score (nSPS) is 11.4. The van der Waals surface area contributed by atoms with Crippen molar-refractivity contribution in [1.82, 2.24) is 0 Å². The van der Waals surface area contributed by atoms with Gasteiger partial charge >= 0.3 is 5.97 Å². The maximum absolute atomic E-state index is 12.3. The number of thiophene rings is 1. The van der Waals surface area contributed by atoms with Gasteiger partial charge in [-0.1, -0.05) is 17.7 Å². The van der Waals surface area contributed by atoms with Gasteiger partial charge in [-0.15, -0.1) is 11.3 Å². The summed E-state index contributed by atoms with van der Waals surface area (Å²) in [5, 5.41) is 9.17. The Labute approximate surface area is 138 Å². The summed E-state index contributed by atoms with van der Waals surface area (Å²) in [5.41, 5.74) is 1.13. The number of nitrogens with one attached hydrogen (secondary N) is 1. The molecule has 0 aliphatic rings. The zero-order valence-electron chi connectivity index (χ0n) is 10.6. The van der Waals surface area contributed by atoms with E-state index in [4.69, 9.17) is 16.7 Å². The molecule has 0 spiro atoms. The maximum Gasteiger partial charge on any atom is 0.345 e. The molecule has 0 unspecified atom stereocenters. The molecule has 0 radical (unpaired) electrons. The molecular weight excluding hydrogens is 402 g/mol. The number of rotatable bonds is 4. The van der Waals surface area contributed by atoms with E-state index >= 15 is 0 Å². The Morgan fingerprint density at radius 3 is 2.57 bits per heavy atom. The van der Waals surface area contributed by atoms with Gasteiger partial charge in [0.1, 0.15) is 9.77 Å². The van der Waals surface area contributed by atoms with E-state index in [9.17, 15) is 13.2 Å². The lowest BCUT2D eigenvalue weighted by Crippen LogP contribution is -2.13. The summed E-state index contributed by atoms with van der Waals surface area (Å²) in [7, 11) is -3.93. The number of aryl methyl sites for hydroxylation is 1. The van der Waals surface area contributed by atoms with Crippen molar-refractivity contribution in [2.24, 2.45) is 0 Å². The Balaban J connectivity index is 2.41. The summed E-state index contributed by atoms with van der Waals surface area (Å²) < 4.78 is 27.2. The number of hydrogen-bond donors (Lipinski definition) is 2. The van der Waals surface area contributed by atoms with E-state index in [1.165, 1.54) is 0 Å². The van der Waals surface area contributed by atoms with Crippen molar-refractivity contribution in [2.75, 3.05) is 4.72 Å². The molecule has 5 nitrogen and oxygen atoms in total. The van der Waals surface area contributed by atoms with Crippen LogP contribution in [0.2, 0.25) is 5.02 Å². The van der Waals surface area contributed by atoms with Crippen LogP contribution in [0.1, 0.15) is 15.2 Å². The van der Waals surface area contributed by atoms with Crippen molar-refractivity contribution in [1.29, 1.82) is 0 Å². The minimum atomic E-state index is -3.93. The van der Waals surface area contributed by atoms with E-state index in [2.05, 4.69) is 20.7 Å². The van der Waals surface area contributed by atoms with Crippen molar-refractivity contribution >= 4 is 60.5 Å². The molecule has 21 heavy (non-hydrogen) atoms. The molecule has 0 amide bonds. The highest BCUT2D eigenvalue weighted by Gasteiger charge is 2.23. The molecule has 1 aromatic carbocycles. The molecule has 0 bridgehead atoms. The Morgan fingerprint density at radius 2 is 2.05 bits per heavy atom. The van der Waals surface area contributed by atoms with Gasteiger partial charge in [-0.3, -0.25) is 4.72 Å². The third-order valence-electron chi connectivity index (χ3n) is 2.52. The number of halogens is 2. The molecule has 2 rings (SSSR count). The first-order valence-corrected chi connectivity index (χ1v) is 8.99. The van der Waals surface area contributed by atoms with Gasteiger partial charge in [-0.2, -0.15) is 0 Å². The van der Waals surface area contributed by atoms with Crippen molar-refractivity contribution in [3.05, 3.63) is 43.5 Å². The Morgan fingerprint density at radius 1 is 1.38 bits per heavy atom. The Bertz CT molecular complexity index is 817. The molecule has 1 aromatic heterocycles. The van der Waals surface area contributed by atoms with Crippen LogP contribution in [0.4, 0.5) is 5.69 Å². The number of hydrogen-bond acceptors (Lipinski definition) is 4. The molecule has 9 heteroatoms. The fraction of sp³-hybridized carbons (Fsp3) is 0.0833. The first kappa shape index (κ1) is 16.3. The fourth-order valence-corrected chi connectivity index (χ4v) is 5.37. The first-order valence-electron chi connectivity index (χ1n) is 5.52. The summed E-state index contributed by atoms with van der Waals surface area (Å²) in [6, 6.07) is 5.99. The molecule has 0 fully saturated rings. The van der Waals surface area contributed by atoms with Crippen molar-refractivity contribution in [3.8, 4) is 0 Å². The van der Waals surface area contributed by atoms with Crippen LogP contribution >= 0.6 is 38.9 Å². The van der Waals surface area contributed by atoms with E-state index in [0.717, 1.165) is 23.0 Å². The number of carbonyl (C=O) groups is 1. The van der Waals surface area contributed by atoms with Gasteiger partial charge in [0.15, 0.2) is 0 Å². The van der Waals surface area contributed by atoms with E-state index in [1.54, 1.807) is 18.2 Å². The standard InChI is InChI=1S/C12H9BrClNO4S2/c1-6-2-3-8(7(14)4-6)15-21(18,19)10-5-9(12(16)17)20-11(10)13/h2-5,15H,1H3,(H,16,17). The highest BCUT2D eigenvalue weighted by atomic mass is 79.9. The topological polar surface area (TPSA) is 83.5 Å². The van der Waals surface area contributed by atoms with Gasteiger partial charge in [-0.25, -0.2) is 13.2 Å². The second-order valence-corrected chi connectivity index (χ2v) is 8.57. The molecule has 0 aliphatic heterocycles. The van der Waals surface area contributed by atoms with Crippen LogP contribution in [0.15, 0.2) is 32.9 Å². The second kappa shape index (κ2) is 5.96. The van der Waals surface area contributed by atoms with Crippen molar-refractivity contribution < 1.29 is 18.3 Å². The highest BCUT2D eigenvalue weighted by molar-refractivity contribution is 9.11. The summed E-state index contributed by atoms with van der Waals surface area (Å²) in [5.74, 6) is -1.18. The molecular formula is C12H9BrClNO4S2. The molecule has 2 aromatic rings. The Kier molecular flexibility index (Phi) is 4.62. The van der Waals surface area contributed by atoms with Crippen molar-refractivity contribution in [2.45, 2.75) is 11.8 Å². The predicted octanol–water partition coefficient (Wildman–Crippen LogP) is 3.97. The molecule has 0 saturated carbocycles. The molecule has 2 N–H and O–H groups in total. The third-order valence-corrected chi connectivity index (χ3v) is 6.44. The zero-order chi connectivity index (χ0) is 15.8. The lowest BCUT2D eigenvalue weighted by atomic mass is 10.2. The van der Waals surface area contributed by atoms with E-state index in [1.807, 2.05) is 6.92 Å². The predicted molar refractivity (Wildman–Crippen MR) is 86.0 cm³/mol. The second-order valence-electron chi connectivity index (χ2n) is 4.14. The van der Waals surface area contributed by atoms with Crippen LogP contribution in [0.25, 0.3) is 0 Å². The molecule has 0 aliphatic carbocycles. The molecule has 112 valence electrons. The van der Waals surface area contributed by atoms with E-state index in [-0.39, 0.29) is 24.3 Å². The van der Waals surface area contributed by atoms with Crippen LogP contribution in [0, 0.1) is 6.92 Å². The van der Waals surface area contributed by atoms with Crippen LogP contribution < -0.4 is 4.72 Å². The van der Waals surface area contributed by atoms with Crippen molar-refractivity contribution in [3.63, 3.8) is 0 Å². The van der Waals surface area contributed by atoms with Gasteiger partial charge in [0.25, 0.3) is 10.0 Å². The van der Waals surface area contributed by atoms with Crippen LogP contribution in [0.3, 0.4) is 0 Å². The lowest BCUT2D eigenvalue weighted by Gasteiger charge is -2.09. The van der Waals surface area contributed by atoms with Gasteiger partial charge in [-0.05, 0) is 46.6 Å². The average Bonchev–Trinajstić information content (AvgIpc) is 2.76. The van der Waals surface area contributed by atoms with Crippen LogP contribution in [0.5, 0.6) is 0 Å². The maximum atomic E-state index is 12.3.